The van der Waals surface area contributed by atoms with E-state index in [1.807, 2.05) is 72.8 Å². The quantitative estimate of drug-likeness (QED) is 0.110. The molecule has 3 aromatic carbocycles. The molecule has 11 heteroatoms. The first-order chi connectivity index (χ1) is 21.9. The number of ether oxygens (including phenoxy) is 1. The van der Waals surface area contributed by atoms with Crippen LogP contribution in [0.1, 0.15) is 48.3 Å². The summed E-state index contributed by atoms with van der Waals surface area (Å²) in [7, 11) is -4.19. The fourth-order valence-corrected chi connectivity index (χ4v) is 6.94. The minimum atomic E-state index is -4.19. The van der Waals surface area contributed by atoms with Crippen LogP contribution in [-0.4, -0.2) is 43.0 Å². The second kappa shape index (κ2) is 15.2. The highest BCUT2D eigenvalue weighted by molar-refractivity contribution is 7.48. The lowest BCUT2D eigenvalue weighted by atomic mass is 9.98. The first-order valence-corrected chi connectivity index (χ1v) is 16.3. The number of benzene rings is 3. The Morgan fingerprint density at radius 2 is 1.64 bits per heavy atom. The number of hydrogen-bond donors (Lipinski definition) is 2. The largest absolute Gasteiger partial charge is 0.481 e. The number of nitrogens with one attached hydrogen (secondary N) is 1. The van der Waals surface area contributed by atoms with Crippen molar-refractivity contribution in [3.63, 3.8) is 0 Å². The molecule has 0 aromatic heterocycles. The van der Waals surface area contributed by atoms with Gasteiger partial charge < -0.3 is 15.2 Å². The highest BCUT2D eigenvalue weighted by atomic mass is 31.2. The normalized spacial score (nSPS) is 18.4. The Balaban J connectivity index is 1.29. The summed E-state index contributed by atoms with van der Waals surface area (Å²) in [6.45, 7) is -0.525. The van der Waals surface area contributed by atoms with E-state index in [9.17, 15) is 19.3 Å². The molecule has 1 amide bonds. The number of hydrogen-bond acceptors (Lipinski definition) is 8. The Labute approximate surface area is 262 Å². The standard InChI is InChI=1S/C34H35N2O8P/c35-18-9-19-42-45(40,43-21-24-10-2-1-3-11-24)44-22-26(20-25-12-8-17-27(25)33(37)38)36-34(39)41-23-32-30-15-6-4-13-28(30)29-14-5-7-16-31(29)32/h1-7,10-11,13-16,20,26-27,32H,8-9,12,17,19,21-23H2,(H,36,39)(H,37,38)/t26-,27-,45?/m1/s1. The van der Waals surface area contributed by atoms with E-state index in [2.05, 4.69) is 5.32 Å². The molecule has 0 saturated heterocycles. The van der Waals surface area contributed by atoms with Crippen LogP contribution in [0.3, 0.4) is 0 Å². The number of aliphatic carboxylic acids is 1. The molecule has 0 spiro atoms. The number of fused-ring (bicyclic) bond motifs is 3. The van der Waals surface area contributed by atoms with E-state index in [0.717, 1.165) is 27.8 Å². The SMILES string of the molecule is N#CCCOP(=O)(OCc1ccccc1)OC[C@@H](C=C1CCC[C@H]1C(=O)O)NC(=O)OCC1c2ccccc2-c2ccccc21. The summed E-state index contributed by atoms with van der Waals surface area (Å²) in [6, 6.07) is 26.0. The number of nitriles is 1. The molecule has 10 nitrogen and oxygen atoms in total. The van der Waals surface area contributed by atoms with Crippen molar-refractivity contribution in [1.29, 1.82) is 5.26 Å². The van der Waals surface area contributed by atoms with Crippen LogP contribution in [0.4, 0.5) is 4.79 Å². The zero-order chi connectivity index (χ0) is 31.6. The van der Waals surface area contributed by atoms with Gasteiger partial charge in [-0.05, 0) is 47.1 Å². The van der Waals surface area contributed by atoms with Crippen LogP contribution < -0.4 is 5.32 Å². The molecule has 45 heavy (non-hydrogen) atoms. The summed E-state index contributed by atoms with van der Waals surface area (Å²) in [6.07, 6.45) is 2.57. The number of carbonyl (C=O) groups excluding carboxylic acids is 1. The van der Waals surface area contributed by atoms with E-state index in [-0.39, 0.29) is 38.8 Å². The fourth-order valence-electron chi connectivity index (χ4n) is 5.75. The van der Waals surface area contributed by atoms with Gasteiger partial charge in [-0.3, -0.25) is 18.4 Å². The highest BCUT2D eigenvalue weighted by Gasteiger charge is 2.33. The molecule has 0 aliphatic heterocycles. The predicted octanol–water partition coefficient (Wildman–Crippen LogP) is 6.98. The molecule has 0 bridgehead atoms. The van der Waals surface area contributed by atoms with Gasteiger partial charge >= 0.3 is 19.9 Å². The van der Waals surface area contributed by atoms with Gasteiger partial charge in [0.15, 0.2) is 0 Å². The molecule has 2 aliphatic rings. The summed E-state index contributed by atoms with van der Waals surface area (Å²) in [5.74, 6) is -1.79. The first kappa shape index (κ1) is 32.1. The maximum absolute atomic E-state index is 13.6. The van der Waals surface area contributed by atoms with Gasteiger partial charge in [0.05, 0.1) is 44.3 Å². The number of carbonyl (C=O) groups is 2. The van der Waals surface area contributed by atoms with E-state index in [0.29, 0.717) is 24.8 Å². The first-order valence-electron chi connectivity index (χ1n) is 14.9. The monoisotopic (exact) mass is 630 g/mol. The number of carboxylic acids is 1. The molecule has 0 heterocycles. The van der Waals surface area contributed by atoms with Gasteiger partial charge in [0.2, 0.25) is 0 Å². The third kappa shape index (κ3) is 8.27. The summed E-state index contributed by atoms with van der Waals surface area (Å²) in [4.78, 5) is 25.0. The van der Waals surface area contributed by atoms with Gasteiger partial charge in [-0.1, -0.05) is 90.5 Å². The van der Waals surface area contributed by atoms with Gasteiger partial charge in [0.1, 0.15) is 6.61 Å². The number of phosphoric acid groups is 1. The number of amides is 1. The lowest BCUT2D eigenvalue weighted by molar-refractivity contribution is -0.140. The van der Waals surface area contributed by atoms with Gasteiger partial charge in [-0.15, -0.1) is 0 Å². The zero-order valence-electron chi connectivity index (χ0n) is 24.7. The number of phosphoric ester groups is 1. The van der Waals surface area contributed by atoms with Crippen molar-refractivity contribution in [2.75, 3.05) is 19.8 Å². The Kier molecular flexibility index (Phi) is 10.8. The molecule has 2 aliphatic carbocycles. The van der Waals surface area contributed by atoms with Crippen molar-refractivity contribution in [3.8, 4) is 17.2 Å². The molecule has 1 saturated carbocycles. The van der Waals surface area contributed by atoms with Crippen molar-refractivity contribution in [3.05, 3.63) is 107 Å². The number of nitrogens with zero attached hydrogens (tertiary/aromatic N) is 1. The maximum atomic E-state index is 13.6. The average molecular weight is 631 g/mol. The minimum Gasteiger partial charge on any atom is -0.481 e. The number of rotatable bonds is 14. The molecule has 5 rings (SSSR count). The van der Waals surface area contributed by atoms with Crippen molar-refractivity contribution in [2.45, 2.75) is 44.2 Å². The zero-order valence-corrected chi connectivity index (χ0v) is 25.6. The molecule has 3 aromatic rings. The van der Waals surface area contributed by atoms with E-state index < -0.39 is 31.8 Å². The van der Waals surface area contributed by atoms with Crippen LogP contribution >= 0.6 is 7.82 Å². The van der Waals surface area contributed by atoms with Crippen molar-refractivity contribution in [1.82, 2.24) is 5.32 Å². The topological polar surface area (TPSA) is 144 Å². The predicted molar refractivity (Wildman–Crippen MR) is 166 cm³/mol. The van der Waals surface area contributed by atoms with E-state index in [4.69, 9.17) is 23.6 Å². The number of alkyl carbamates (subject to hydrolysis) is 1. The lowest BCUT2D eigenvalue weighted by Crippen LogP contribution is -2.38. The van der Waals surface area contributed by atoms with Crippen LogP contribution in [0, 0.1) is 17.2 Å². The van der Waals surface area contributed by atoms with Gasteiger partial charge in [0, 0.05) is 5.92 Å². The van der Waals surface area contributed by atoms with Gasteiger partial charge in [-0.2, -0.15) is 5.26 Å². The Morgan fingerprint density at radius 3 is 2.31 bits per heavy atom. The van der Waals surface area contributed by atoms with Gasteiger partial charge in [-0.25, -0.2) is 9.36 Å². The Bertz CT molecular complexity index is 1570. The smallest absolute Gasteiger partial charge is 0.475 e. The van der Waals surface area contributed by atoms with Crippen LogP contribution in [0.5, 0.6) is 0 Å². The summed E-state index contributed by atoms with van der Waals surface area (Å²) in [5, 5.41) is 21.4. The van der Waals surface area contributed by atoms with E-state index >= 15 is 0 Å². The van der Waals surface area contributed by atoms with Gasteiger partial charge in [0.25, 0.3) is 0 Å². The van der Waals surface area contributed by atoms with E-state index in [1.54, 1.807) is 18.2 Å². The van der Waals surface area contributed by atoms with Crippen LogP contribution in [0.25, 0.3) is 11.1 Å². The molecule has 1 fully saturated rings. The van der Waals surface area contributed by atoms with Crippen LogP contribution in [0.2, 0.25) is 0 Å². The third-order valence-electron chi connectivity index (χ3n) is 7.87. The second-order valence-electron chi connectivity index (χ2n) is 10.8. The Morgan fingerprint density at radius 1 is 0.978 bits per heavy atom. The molecule has 0 radical (unpaired) electrons. The molecular formula is C34H35N2O8P. The molecule has 3 atom stereocenters. The van der Waals surface area contributed by atoms with Crippen molar-refractivity contribution in [2.24, 2.45) is 5.92 Å². The average Bonchev–Trinajstić information content (AvgIpc) is 3.65. The van der Waals surface area contributed by atoms with Crippen LogP contribution in [-0.2, 0) is 34.3 Å². The summed E-state index contributed by atoms with van der Waals surface area (Å²) < 4.78 is 35.9. The molecular weight excluding hydrogens is 595 g/mol. The fraction of sp³-hybridized carbons (Fsp3) is 0.324. The number of carboxylic acid groups (broad SMARTS) is 1. The van der Waals surface area contributed by atoms with Crippen molar-refractivity contribution < 1.29 is 37.6 Å². The van der Waals surface area contributed by atoms with Crippen molar-refractivity contribution >= 4 is 19.9 Å². The summed E-state index contributed by atoms with van der Waals surface area (Å²) >= 11 is 0. The molecule has 1 unspecified atom stereocenters. The van der Waals surface area contributed by atoms with E-state index in [1.165, 1.54) is 0 Å². The molecule has 234 valence electrons. The van der Waals surface area contributed by atoms with Crippen LogP contribution in [0.15, 0.2) is 90.5 Å². The minimum absolute atomic E-state index is 0.0339. The maximum Gasteiger partial charge on any atom is 0.475 e. The second-order valence-corrected chi connectivity index (χ2v) is 12.5. The lowest BCUT2D eigenvalue weighted by Gasteiger charge is -2.22. The highest BCUT2D eigenvalue weighted by Crippen LogP contribution is 2.50. The third-order valence-corrected chi connectivity index (χ3v) is 9.28. The molecule has 2 N–H and O–H groups in total. The summed E-state index contributed by atoms with van der Waals surface area (Å²) in [5.41, 5.74) is 5.70. The Hall–Kier alpha value is -4.26.